The van der Waals surface area contributed by atoms with Crippen LogP contribution in [0.3, 0.4) is 0 Å². The zero-order chi connectivity index (χ0) is 27.9. The van der Waals surface area contributed by atoms with E-state index in [1.807, 2.05) is 48.5 Å². The van der Waals surface area contributed by atoms with Gasteiger partial charge in [0.05, 0.1) is 25.7 Å². The van der Waals surface area contributed by atoms with E-state index >= 15 is 0 Å². The molecule has 0 saturated heterocycles. The SMILES string of the molecule is O=C(O)CC(NC(=O)C(COCc1ccccc1)NC(=O)CCCCNc1ccccn1)c1cccc(Cl)c1. The number of ether oxygens (including phenoxy) is 1. The number of halogens is 1. The Morgan fingerprint density at radius 3 is 2.46 bits per heavy atom. The van der Waals surface area contributed by atoms with Crippen LogP contribution < -0.4 is 16.0 Å². The molecule has 0 aliphatic carbocycles. The number of carboxylic acid groups (broad SMARTS) is 1. The fourth-order valence-electron chi connectivity index (χ4n) is 3.84. The molecule has 4 N–H and O–H groups in total. The van der Waals surface area contributed by atoms with Crippen LogP contribution in [-0.2, 0) is 25.7 Å². The Bertz CT molecular complexity index is 1200. The first-order chi connectivity index (χ1) is 18.9. The van der Waals surface area contributed by atoms with E-state index in [-0.39, 0.29) is 32.0 Å². The number of pyridine rings is 1. The lowest BCUT2D eigenvalue weighted by Gasteiger charge is -2.23. The molecular weight excluding hydrogens is 520 g/mol. The number of hydrogen-bond acceptors (Lipinski definition) is 6. The summed E-state index contributed by atoms with van der Waals surface area (Å²) in [5.74, 6) is -1.15. The van der Waals surface area contributed by atoms with Crippen LogP contribution in [-0.4, -0.2) is 47.1 Å². The van der Waals surface area contributed by atoms with Gasteiger partial charge in [0.15, 0.2) is 0 Å². The molecule has 0 saturated carbocycles. The smallest absolute Gasteiger partial charge is 0.305 e. The standard InChI is InChI=1S/C29H33ClN4O5/c30-23-12-8-11-22(17-23)24(18-28(36)37)34-29(38)25(20-39-19-21-9-2-1-3-10-21)33-27(35)14-5-7-16-32-26-13-4-6-15-31-26/h1-4,6,8-13,15,17,24-25H,5,7,14,16,18-20H2,(H,31,32)(H,33,35)(H,34,38)(H,36,37). The minimum Gasteiger partial charge on any atom is -0.481 e. The van der Waals surface area contributed by atoms with E-state index in [1.165, 1.54) is 0 Å². The summed E-state index contributed by atoms with van der Waals surface area (Å²) < 4.78 is 5.75. The van der Waals surface area contributed by atoms with Crippen molar-refractivity contribution in [3.8, 4) is 0 Å². The maximum Gasteiger partial charge on any atom is 0.305 e. The molecule has 206 valence electrons. The second-order valence-electron chi connectivity index (χ2n) is 8.93. The van der Waals surface area contributed by atoms with Crippen molar-refractivity contribution >= 4 is 35.2 Å². The van der Waals surface area contributed by atoms with Crippen molar-refractivity contribution in [3.05, 3.63) is 95.1 Å². The summed E-state index contributed by atoms with van der Waals surface area (Å²) in [6, 6.07) is 19.9. The number of carboxylic acids is 1. The molecule has 0 radical (unpaired) electrons. The normalized spacial score (nSPS) is 12.2. The van der Waals surface area contributed by atoms with Crippen LogP contribution in [0.4, 0.5) is 5.82 Å². The summed E-state index contributed by atoms with van der Waals surface area (Å²) in [5, 5.41) is 18.5. The number of amides is 2. The highest BCUT2D eigenvalue weighted by atomic mass is 35.5. The van der Waals surface area contributed by atoms with E-state index in [9.17, 15) is 19.5 Å². The van der Waals surface area contributed by atoms with Gasteiger partial charge in [0.2, 0.25) is 11.8 Å². The highest BCUT2D eigenvalue weighted by Gasteiger charge is 2.26. The summed E-state index contributed by atoms with van der Waals surface area (Å²) in [6.07, 6.45) is 2.92. The average molecular weight is 553 g/mol. The molecule has 0 bridgehead atoms. The average Bonchev–Trinajstić information content (AvgIpc) is 2.93. The van der Waals surface area contributed by atoms with E-state index < -0.39 is 24.0 Å². The van der Waals surface area contributed by atoms with Gasteiger partial charge in [-0.15, -0.1) is 0 Å². The lowest BCUT2D eigenvalue weighted by atomic mass is 10.0. The second-order valence-corrected chi connectivity index (χ2v) is 9.37. The van der Waals surface area contributed by atoms with E-state index in [0.29, 0.717) is 23.6 Å². The van der Waals surface area contributed by atoms with E-state index in [1.54, 1.807) is 30.5 Å². The fourth-order valence-corrected chi connectivity index (χ4v) is 4.03. The molecule has 2 unspecified atom stereocenters. The topological polar surface area (TPSA) is 130 Å². The van der Waals surface area contributed by atoms with Gasteiger partial charge in [0, 0.05) is 24.2 Å². The first-order valence-electron chi connectivity index (χ1n) is 12.7. The number of nitrogens with one attached hydrogen (secondary N) is 3. The molecule has 1 aromatic heterocycles. The number of hydrogen-bond donors (Lipinski definition) is 4. The predicted octanol–water partition coefficient (Wildman–Crippen LogP) is 4.35. The molecule has 39 heavy (non-hydrogen) atoms. The van der Waals surface area contributed by atoms with E-state index in [2.05, 4.69) is 20.9 Å². The minimum absolute atomic E-state index is 0.0803. The van der Waals surface area contributed by atoms with Crippen molar-refractivity contribution in [2.45, 2.75) is 44.4 Å². The molecule has 2 aromatic carbocycles. The van der Waals surface area contributed by atoms with Crippen molar-refractivity contribution in [1.29, 1.82) is 0 Å². The second kappa shape index (κ2) is 16.1. The van der Waals surface area contributed by atoms with Crippen LogP contribution in [0.2, 0.25) is 5.02 Å². The lowest BCUT2D eigenvalue weighted by Crippen LogP contribution is -2.50. The van der Waals surface area contributed by atoms with Gasteiger partial charge in [-0.1, -0.05) is 60.1 Å². The molecule has 1 heterocycles. The molecule has 0 aliphatic rings. The maximum atomic E-state index is 13.3. The molecule has 3 rings (SSSR count). The molecule has 2 amide bonds. The highest BCUT2D eigenvalue weighted by molar-refractivity contribution is 6.30. The largest absolute Gasteiger partial charge is 0.481 e. The molecule has 0 fully saturated rings. The Morgan fingerprint density at radius 1 is 0.949 bits per heavy atom. The van der Waals surface area contributed by atoms with Crippen LogP contribution in [0.1, 0.15) is 42.9 Å². The van der Waals surface area contributed by atoms with Crippen molar-refractivity contribution in [2.75, 3.05) is 18.5 Å². The van der Waals surface area contributed by atoms with Gasteiger partial charge in [0.1, 0.15) is 11.9 Å². The Labute approximate surface area is 232 Å². The Morgan fingerprint density at radius 2 is 1.74 bits per heavy atom. The first kappa shape index (κ1) is 29.6. The number of rotatable bonds is 16. The van der Waals surface area contributed by atoms with Crippen LogP contribution in [0, 0.1) is 0 Å². The van der Waals surface area contributed by atoms with Crippen LogP contribution in [0.15, 0.2) is 79.0 Å². The number of carbonyl (C=O) groups is 3. The fraction of sp³-hybridized carbons (Fsp3) is 0.310. The third kappa shape index (κ3) is 11.1. The number of carbonyl (C=O) groups excluding carboxylic acids is 2. The first-order valence-corrected chi connectivity index (χ1v) is 13.1. The Kier molecular flexibility index (Phi) is 12.2. The molecule has 3 aromatic rings. The van der Waals surface area contributed by atoms with Crippen LogP contribution in [0.25, 0.3) is 0 Å². The number of unbranched alkanes of at least 4 members (excludes halogenated alkanes) is 1. The van der Waals surface area contributed by atoms with Crippen molar-refractivity contribution in [1.82, 2.24) is 15.6 Å². The molecule has 0 aliphatic heterocycles. The summed E-state index contributed by atoms with van der Waals surface area (Å²) in [4.78, 5) is 41.7. The van der Waals surface area contributed by atoms with Crippen LogP contribution in [0.5, 0.6) is 0 Å². The van der Waals surface area contributed by atoms with Crippen molar-refractivity contribution in [2.24, 2.45) is 0 Å². The highest BCUT2D eigenvalue weighted by Crippen LogP contribution is 2.21. The summed E-state index contributed by atoms with van der Waals surface area (Å²) in [7, 11) is 0. The van der Waals surface area contributed by atoms with Gasteiger partial charge in [-0.2, -0.15) is 0 Å². The summed E-state index contributed by atoms with van der Waals surface area (Å²) >= 11 is 6.08. The molecule has 10 heteroatoms. The van der Waals surface area contributed by atoms with Crippen molar-refractivity contribution < 1.29 is 24.2 Å². The van der Waals surface area contributed by atoms with E-state index in [4.69, 9.17) is 16.3 Å². The van der Waals surface area contributed by atoms with Gasteiger partial charge in [-0.05, 0) is 48.2 Å². The van der Waals surface area contributed by atoms with Gasteiger partial charge in [0.25, 0.3) is 0 Å². The lowest BCUT2D eigenvalue weighted by molar-refractivity contribution is -0.138. The van der Waals surface area contributed by atoms with Gasteiger partial charge >= 0.3 is 5.97 Å². The Balaban J connectivity index is 1.58. The monoisotopic (exact) mass is 552 g/mol. The third-order valence-corrected chi connectivity index (χ3v) is 6.03. The third-order valence-electron chi connectivity index (χ3n) is 5.80. The number of aliphatic carboxylic acids is 1. The summed E-state index contributed by atoms with van der Waals surface area (Å²) in [5.41, 5.74) is 1.47. The van der Waals surface area contributed by atoms with Crippen LogP contribution >= 0.6 is 11.6 Å². The predicted molar refractivity (Wildman–Crippen MR) is 149 cm³/mol. The Hall–Kier alpha value is -3.95. The number of anilines is 1. The van der Waals surface area contributed by atoms with Crippen molar-refractivity contribution in [3.63, 3.8) is 0 Å². The maximum absolute atomic E-state index is 13.3. The number of benzene rings is 2. The quantitative estimate of drug-likeness (QED) is 0.194. The minimum atomic E-state index is -1.08. The summed E-state index contributed by atoms with van der Waals surface area (Å²) in [6.45, 7) is 0.834. The van der Waals surface area contributed by atoms with Gasteiger partial charge < -0.3 is 25.8 Å². The molecule has 0 spiro atoms. The number of aromatic nitrogens is 1. The van der Waals surface area contributed by atoms with Gasteiger partial charge in [-0.25, -0.2) is 4.98 Å². The van der Waals surface area contributed by atoms with E-state index in [0.717, 1.165) is 17.8 Å². The molecule has 9 nitrogen and oxygen atoms in total. The molecule has 2 atom stereocenters. The zero-order valence-corrected chi connectivity index (χ0v) is 22.3. The van der Waals surface area contributed by atoms with Gasteiger partial charge in [-0.3, -0.25) is 14.4 Å². The number of nitrogens with zero attached hydrogens (tertiary/aromatic N) is 1. The molecular formula is C29H33ClN4O5. The zero-order valence-electron chi connectivity index (χ0n) is 21.5.